The Morgan fingerprint density at radius 1 is 1.55 bits per heavy atom. The number of carbonyl (C=O) groups excluding carboxylic acids is 1. The van der Waals surface area contributed by atoms with E-state index in [1.54, 1.807) is 0 Å². The third-order valence-corrected chi connectivity index (χ3v) is 5.20. The lowest BCUT2D eigenvalue weighted by Gasteiger charge is -2.13. The van der Waals surface area contributed by atoms with E-state index in [-0.39, 0.29) is 11.9 Å². The van der Waals surface area contributed by atoms with E-state index in [1.807, 2.05) is 31.3 Å². The lowest BCUT2D eigenvalue weighted by molar-refractivity contribution is 0.0931. The minimum absolute atomic E-state index is 0.0404. The van der Waals surface area contributed by atoms with Gasteiger partial charge >= 0.3 is 0 Å². The summed E-state index contributed by atoms with van der Waals surface area (Å²) in [6.07, 6.45) is 4.29. The Hall–Kier alpha value is -0.780. The first-order chi connectivity index (χ1) is 9.54. The minimum atomic E-state index is -0.0420. The van der Waals surface area contributed by atoms with E-state index < -0.39 is 0 Å². The first-order valence-corrected chi connectivity index (χ1v) is 8.47. The molecule has 1 saturated carbocycles. The summed E-state index contributed by atoms with van der Waals surface area (Å²) in [7, 11) is 0. The summed E-state index contributed by atoms with van der Waals surface area (Å²) in [5, 5.41) is 3.03. The van der Waals surface area contributed by atoms with E-state index in [0.29, 0.717) is 11.7 Å². The van der Waals surface area contributed by atoms with E-state index in [2.05, 4.69) is 25.8 Å². The molecule has 0 bridgehead atoms. The topological polar surface area (TPSA) is 34.0 Å². The molecule has 3 nitrogen and oxygen atoms in total. The summed E-state index contributed by atoms with van der Waals surface area (Å²) < 4.78 is 3.75. The van der Waals surface area contributed by atoms with Crippen LogP contribution in [0.1, 0.15) is 47.2 Å². The molecule has 106 valence electrons. The molecule has 1 atom stereocenters. The third kappa shape index (κ3) is 2.95. The van der Waals surface area contributed by atoms with Crippen LogP contribution in [-0.2, 0) is 0 Å². The number of nitrogens with one attached hydrogen (secondary N) is 1. The number of carbonyl (C=O) groups is 1. The number of aromatic nitrogens is 1. The van der Waals surface area contributed by atoms with Gasteiger partial charge in [0.05, 0.1) is 10.4 Å². The average molecular weight is 374 g/mol. The maximum absolute atomic E-state index is 12.4. The fourth-order valence-electron chi connectivity index (χ4n) is 2.19. The number of hydrogen-bond acceptors (Lipinski definition) is 2. The average Bonchev–Trinajstić information content (AvgIpc) is 3.03. The summed E-state index contributed by atoms with van der Waals surface area (Å²) in [6, 6.07) is 6.12. The van der Waals surface area contributed by atoms with E-state index in [4.69, 9.17) is 11.6 Å². The van der Waals surface area contributed by atoms with Crippen LogP contribution in [0.15, 0.2) is 28.9 Å². The quantitative estimate of drug-likeness (QED) is 0.821. The smallest absolute Gasteiger partial charge is 0.268 e. The van der Waals surface area contributed by atoms with Crippen LogP contribution in [0.25, 0.3) is 0 Å². The fraction of sp³-hybridized carbons (Fsp3) is 0.357. The van der Waals surface area contributed by atoms with Gasteiger partial charge in [0.1, 0.15) is 5.69 Å². The van der Waals surface area contributed by atoms with Crippen molar-refractivity contribution in [3.05, 3.63) is 43.8 Å². The molecule has 1 N–H and O–H groups in total. The van der Waals surface area contributed by atoms with Crippen LogP contribution in [0, 0.1) is 0 Å². The predicted molar refractivity (Wildman–Crippen MR) is 85.6 cm³/mol. The maximum atomic E-state index is 12.4. The van der Waals surface area contributed by atoms with Crippen LogP contribution in [-0.4, -0.2) is 10.5 Å². The van der Waals surface area contributed by atoms with Crippen molar-refractivity contribution < 1.29 is 4.79 Å². The summed E-state index contributed by atoms with van der Waals surface area (Å²) in [4.78, 5) is 13.5. The summed E-state index contributed by atoms with van der Waals surface area (Å²) in [5.41, 5.74) is 0.717. The Bertz CT molecular complexity index is 647. The van der Waals surface area contributed by atoms with E-state index in [1.165, 1.54) is 11.3 Å². The Morgan fingerprint density at radius 3 is 2.90 bits per heavy atom. The molecule has 0 radical (unpaired) electrons. The highest BCUT2D eigenvalue weighted by atomic mass is 79.9. The van der Waals surface area contributed by atoms with Crippen molar-refractivity contribution in [2.75, 3.05) is 0 Å². The number of rotatable bonds is 4. The molecule has 2 heterocycles. The zero-order valence-electron chi connectivity index (χ0n) is 10.9. The maximum Gasteiger partial charge on any atom is 0.268 e. The highest BCUT2D eigenvalue weighted by Gasteiger charge is 2.28. The highest BCUT2D eigenvalue weighted by Crippen LogP contribution is 2.37. The van der Waals surface area contributed by atoms with Crippen molar-refractivity contribution in [2.45, 2.75) is 31.8 Å². The molecule has 1 unspecified atom stereocenters. The molecule has 1 aliphatic rings. The molecule has 2 aromatic heterocycles. The fourth-order valence-corrected chi connectivity index (χ4v) is 3.69. The molecule has 6 heteroatoms. The van der Waals surface area contributed by atoms with Crippen molar-refractivity contribution >= 4 is 44.8 Å². The number of halogens is 2. The molecule has 0 aromatic carbocycles. The van der Waals surface area contributed by atoms with Gasteiger partial charge in [-0.2, -0.15) is 0 Å². The highest BCUT2D eigenvalue weighted by molar-refractivity contribution is 9.10. The van der Waals surface area contributed by atoms with Gasteiger partial charge in [-0.1, -0.05) is 11.6 Å². The summed E-state index contributed by atoms with van der Waals surface area (Å²) >= 11 is 10.9. The van der Waals surface area contributed by atoms with E-state index in [9.17, 15) is 4.79 Å². The third-order valence-electron chi connectivity index (χ3n) is 3.36. The molecule has 1 aliphatic carbocycles. The van der Waals surface area contributed by atoms with Gasteiger partial charge in [0.25, 0.3) is 5.91 Å². The Kier molecular flexibility index (Phi) is 3.93. The van der Waals surface area contributed by atoms with Crippen LogP contribution in [0.3, 0.4) is 0 Å². The molecule has 0 saturated heterocycles. The Morgan fingerprint density at radius 2 is 2.30 bits per heavy atom. The lowest BCUT2D eigenvalue weighted by Crippen LogP contribution is -2.28. The van der Waals surface area contributed by atoms with E-state index in [0.717, 1.165) is 26.5 Å². The van der Waals surface area contributed by atoms with Crippen LogP contribution in [0.4, 0.5) is 0 Å². The molecular formula is C14H14BrClN2OS. The molecule has 1 amide bonds. The van der Waals surface area contributed by atoms with Crippen LogP contribution < -0.4 is 5.32 Å². The van der Waals surface area contributed by atoms with Gasteiger partial charge in [-0.05, 0) is 53.9 Å². The second kappa shape index (κ2) is 5.54. The van der Waals surface area contributed by atoms with E-state index >= 15 is 0 Å². The molecule has 3 rings (SSSR count). The van der Waals surface area contributed by atoms with Gasteiger partial charge in [0.15, 0.2) is 0 Å². The van der Waals surface area contributed by atoms with Crippen molar-refractivity contribution in [1.29, 1.82) is 0 Å². The largest absolute Gasteiger partial charge is 0.343 e. The van der Waals surface area contributed by atoms with Crippen LogP contribution in [0.2, 0.25) is 4.34 Å². The van der Waals surface area contributed by atoms with Crippen molar-refractivity contribution in [2.24, 2.45) is 0 Å². The number of hydrogen-bond donors (Lipinski definition) is 1. The zero-order valence-corrected chi connectivity index (χ0v) is 14.1. The van der Waals surface area contributed by atoms with Crippen LogP contribution in [0.5, 0.6) is 0 Å². The Labute approximate surface area is 135 Å². The van der Waals surface area contributed by atoms with Gasteiger partial charge in [0, 0.05) is 21.6 Å². The lowest BCUT2D eigenvalue weighted by atomic mass is 10.2. The first-order valence-electron chi connectivity index (χ1n) is 6.48. The number of nitrogens with zero attached hydrogens (tertiary/aromatic N) is 1. The monoisotopic (exact) mass is 372 g/mol. The predicted octanol–water partition coefficient (Wildman–Crippen LogP) is 4.79. The Balaban J connectivity index is 1.76. The number of thiophene rings is 1. The van der Waals surface area contributed by atoms with Gasteiger partial charge in [-0.25, -0.2) is 0 Å². The van der Waals surface area contributed by atoms with Gasteiger partial charge < -0.3 is 9.88 Å². The molecule has 1 fully saturated rings. The normalized spacial score (nSPS) is 16.1. The van der Waals surface area contributed by atoms with Gasteiger partial charge in [-0.3, -0.25) is 4.79 Å². The second-order valence-electron chi connectivity index (χ2n) is 5.02. The standard InChI is InChI=1S/C14H14BrClN2OS/c1-8(12-4-5-13(16)20-12)17-14(19)11-6-9(15)7-18(11)10-2-3-10/h4-8,10H,2-3H2,1H3,(H,17,19). The van der Waals surface area contributed by atoms with Gasteiger partial charge in [-0.15, -0.1) is 11.3 Å². The first kappa shape index (κ1) is 14.2. The SMILES string of the molecule is CC(NC(=O)c1cc(Br)cn1C1CC1)c1ccc(Cl)s1. The second-order valence-corrected chi connectivity index (χ2v) is 7.68. The van der Waals surface area contributed by atoms with Crippen molar-refractivity contribution in [1.82, 2.24) is 9.88 Å². The van der Waals surface area contributed by atoms with Crippen molar-refractivity contribution in [3.63, 3.8) is 0 Å². The summed E-state index contributed by atoms with van der Waals surface area (Å²) in [5.74, 6) is -0.0420. The van der Waals surface area contributed by atoms with Gasteiger partial charge in [0.2, 0.25) is 0 Å². The molecule has 0 spiro atoms. The zero-order chi connectivity index (χ0) is 14.3. The molecule has 20 heavy (non-hydrogen) atoms. The molecule has 2 aromatic rings. The van der Waals surface area contributed by atoms with Crippen LogP contribution >= 0.6 is 38.9 Å². The van der Waals surface area contributed by atoms with Crippen molar-refractivity contribution in [3.8, 4) is 0 Å². The summed E-state index contributed by atoms with van der Waals surface area (Å²) in [6.45, 7) is 1.97. The molecular weight excluding hydrogens is 360 g/mol. The number of amides is 1. The minimum Gasteiger partial charge on any atom is -0.343 e. The molecule has 0 aliphatic heterocycles.